The number of fused-ring (bicyclic) bond motifs is 1. The molecule has 0 aliphatic carbocycles. The van der Waals surface area contributed by atoms with Gasteiger partial charge in [0.15, 0.2) is 0 Å². The first-order chi connectivity index (χ1) is 21.9. The van der Waals surface area contributed by atoms with Crippen LogP contribution in [0.15, 0.2) is 72.9 Å². The van der Waals surface area contributed by atoms with E-state index in [2.05, 4.69) is 15.6 Å². The molecular weight excluding hydrogens is 576 g/mol. The van der Waals surface area contributed by atoms with E-state index >= 15 is 0 Å². The van der Waals surface area contributed by atoms with E-state index in [0.29, 0.717) is 13.0 Å². The van der Waals surface area contributed by atoms with E-state index < -0.39 is 30.1 Å². The van der Waals surface area contributed by atoms with E-state index in [9.17, 15) is 24.3 Å². The zero-order chi connectivity index (χ0) is 31.6. The monoisotopic (exact) mass is 616 g/mol. The van der Waals surface area contributed by atoms with Gasteiger partial charge in [-0.25, -0.2) is 9.59 Å². The van der Waals surface area contributed by atoms with Crippen molar-refractivity contribution < 1.29 is 33.8 Å². The Morgan fingerprint density at radius 3 is 2.64 bits per heavy atom. The SMILES string of the molecule is O=C(NC1CC=CCC(CC(=O)N2CCCC2CO)C(=O)NC(Cc2c[nH]c3ccccc23)COC1=O)OCc1ccccc1. The summed E-state index contributed by atoms with van der Waals surface area (Å²) in [4.78, 5) is 57.6. The van der Waals surface area contributed by atoms with Gasteiger partial charge in [-0.05, 0) is 49.3 Å². The number of benzene rings is 2. The highest BCUT2D eigenvalue weighted by molar-refractivity contribution is 5.87. The topological polar surface area (TPSA) is 150 Å². The molecule has 1 fully saturated rings. The van der Waals surface area contributed by atoms with Crippen LogP contribution >= 0.6 is 0 Å². The van der Waals surface area contributed by atoms with Gasteiger partial charge in [-0.3, -0.25) is 9.59 Å². The van der Waals surface area contributed by atoms with Gasteiger partial charge in [0.25, 0.3) is 0 Å². The van der Waals surface area contributed by atoms with E-state index in [0.717, 1.165) is 34.9 Å². The molecule has 5 rings (SSSR count). The number of alkyl carbamates (subject to hydrolysis) is 1. The van der Waals surface area contributed by atoms with Crippen LogP contribution in [0.5, 0.6) is 0 Å². The number of hydrogen-bond donors (Lipinski definition) is 4. The molecule has 0 radical (unpaired) electrons. The number of carbonyl (C=O) groups is 4. The van der Waals surface area contributed by atoms with Crippen molar-refractivity contribution in [1.82, 2.24) is 20.5 Å². The summed E-state index contributed by atoms with van der Waals surface area (Å²) in [5.41, 5.74) is 2.69. The van der Waals surface area contributed by atoms with Crippen molar-refractivity contribution >= 4 is 34.8 Å². The molecule has 0 saturated carbocycles. The van der Waals surface area contributed by atoms with E-state index in [-0.39, 0.29) is 56.9 Å². The van der Waals surface area contributed by atoms with Crippen molar-refractivity contribution in [2.45, 2.75) is 63.3 Å². The second-order valence-corrected chi connectivity index (χ2v) is 11.6. The number of aromatic amines is 1. The molecule has 3 heterocycles. The lowest BCUT2D eigenvalue weighted by Crippen LogP contribution is -2.47. The zero-order valence-corrected chi connectivity index (χ0v) is 25.2. The Morgan fingerprint density at radius 1 is 1.04 bits per heavy atom. The number of nitrogens with zero attached hydrogens (tertiary/aromatic N) is 1. The maximum Gasteiger partial charge on any atom is 0.408 e. The molecule has 2 aromatic carbocycles. The molecular formula is C34H40N4O7. The van der Waals surface area contributed by atoms with E-state index in [4.69, 9.17) is 9.47 Å². The van der Waals surface area contributed by atoms with Crippen molar-refractivity contribution in [3.8, 4) is 0 Å². The third kappa shape index (κ3) is 8.51. The molecule has 238 valence electrons. The van der Waals surface area contributed by atoms with Gasteiger partial charge < -0.3 is 35.1 Å². The fraction of sp³-hybridized carbons (Fsp3) is 0.412. The zero-order valence-electron chi connectivity index (χ0n) is 25.2. The van der Waals surface area contributed by atoms with Gasteiger partial charge >= 0.3 is 12.1 Å². The number of esters is 1. The molecule has 45 heavy (non-hydrogen) atoms. The molecule has 4 unspecified atom stereocenters. The predicted molar refractivity (Wildman–Crippen MR) is 167 cm³/mol. The van der Waals surface area contributed by atoms with E-state index in [1.54, 1.807) is 17.1 Å². The number of rotatable bonds is 8. The molecule has 4 atom stereocenters. The summed E-state index contributed by atoms with van der Waals surface area (Å²) in [5, 5.41) is 16.3. The molecule has 1 saturated heterocycles. The fourth-order valence-electron chi connectivity index (χ4n) is 5.90. The highest BCUT2D eigenvalue weighted by Gasteiger charge is 2.32. The van der Waals surface area contributed by atoms with E-state index in [1.807, 2.05) is 60.8 Å². The summed E-state index contributed by atoms with van der Waals surface area (Å²) in [7, 11) is 0. The summed E-state index contributed by atoms with van der Waals surface area (Å²) in [6.07, 6.45) is 6.85. The number of nitrogens with one attached hydrogen (secondary N) is 3. The standard InChI is InChI=1S/C34H40N4O7/c39-20-27-12-8-16-38(27)31(40)18-24-11-4-6-15-30(37-34(43)45-21-23-9-2-1-3-10-23)33(42)44-22-26(36-32(24)41)17-25-19-35-29-14-7-5-13-28(25)29/h1-7,9-10,13-14,19,24,26-27,30,35,39H,8,11-12,15-18,20-22H2,(H,36,41)(H,37,43). The summed E-state index contributed by atoms with van der Waals surface area (Å²) in [6.45, 7) is 0.362. The second kappa shape index (κ2) is 15.4. The normalized spacial score (nSPS) is 22.6. The number of likely N-dealkylation sites (tertiary alicyclic amines) is 1. The molecule has 0 spiro atoms. The van der Waals surface area contributed by atoms with Crippen LogP contribution in [0.1, 0.15) is 43.2 Å². The van der Waals surface area contributed by atoms with Crippen molar-refractivity contribution in [1.29, 1.82) is 0 Å². The Bertz CT molecular complexity index is 1500. The molecule has 3 amide bonds. The average molecular weight is 617 g/mol. The molecule has 4 N–H and O–H groups in total. The molecule has 1 aromatic heterocycles. The number of amides is 3. The van der Waals surface area contributed by atoms with Crippen molar-refractivity contribution in [3.05, 3.63) is 84.1 Å². The number of cyclic esters (lactones) is 1. The second-order valence-electron chi connectivity index (χ2n) is 11.6. The van der Waals surface area contributed by atoms with Gasteiger partial charge in [0.05, 0.1) is 24.6 Å². The minimum Gasteiger partial charge on any atom is -0.462 e. The lowest BCUT2D eigenvalue weighted by Gasteiger charge is -2.27. The van der Waals surface area contributed by atoms with Gasteiger partial charge in [-0.2, -0.15) is 0 Å². The largest absolute Gasteiger partial charge is 0.462 e. The first-order valence-electron chi connectivity index (χ1n) is 15.5. The summed E-state index contributed by atoms with van der Waals surface area (Å²) < 4.78 is 11.0. The van der Waals surface area contributed by atoms with Crippen LogP contribution in [-0.4, -0.2) is 76.8 Å². The molecule has 11 nitrogen and oxygen atoms in total. The summed E-state index contributed by atoms with van der Waals surface area (Å²) >= 11 is 0. The number of allylic oxidation sites excluding steroid dienone is 1. The maximum absolute atomic E-state index is 13.6. The fourth-order valence-corrected chi connectivity index (χ4v) is 5.90. The maximum atomic E-state index is 13.6. The first-order valence-corrected chi connectivity index (χ1v) is 15.5. The number of para-hydroxylation sites is 1. The number of aliphatic hydroxyl groups excluding tert-OH is 1. The number of ether oxygens (including phenoxy) is 2. The van der Waals surface area contributed by atoms with Crippen LogP contribution in [0.2, 0.25) is 0 Å². The third-order valence-electron chi connectivity index (χ3n) is 8.36. The van der Waals surface area contributed by atoms with Crippen LogP contribution < -0.4 is 10.6 Å². The lowest BCUT2D eigenvalue weighted by atomic mass is 9.97. The van der Waals surface area contributed by atoms with Gasteiger partial charge in [0, 0.05) is 30.1 Å². The Morgan fingerprint density at radius 2 is 1.82 bits per heavy atom. The predicted octanol–water partition coefficient (Wildman–Crippen LogP) is 3.37. The Kier molecular flexibility index (Phi) is 10.9. The van der Waals surface area contributed by atoms with Gasteiger partial charge in [-0.1, -0.05) is 60.7 Å². The van der Waals surface area contributed by atoms with Crippen LogP contribution in [0.3, 0.4) is 0 Å². The van der Waals surface area contributed by atoms with Crippen LogP contribution in [0, 0.1) is 5.92 Å². The number of aliphatic hydroxyl groups is 1. The smallest absolute Gasteiger partial charge is 0.408 e. The van der Waals surface area contributed by atoms with E-state index in [1.165, 1.54) is 0 Å². The number of aromatic nitrogens is 1. The van der Waals surface area contributed by atoms with Crippen molar-refractivity contribution in [3.63, 3.8) is 0 Å². The Balaban J connectivity index is 1.32. The van der Waals surface area contributed by atoms with Crippen LogP contribution in [0.4, 0.5) is 4.79 Å². The first kappa shape index (κ1) is 31.8. The van der Waals surface area contributed by atoms with Crippen LogP contribution in [-0.2, 0) is 36.9 Å². The van der Waals surface area contributed by atoms with Crippen molar-refractivity contribution in [2.24, 2.45) is 5.92 Å². The molecule has 11 heteroatoms. The average Bonchev–Trinajstić information content (AvgIpc) is 3.70. The van der Waals surface area contributed by atoms with Gasteiger partial charge in [0.2, 0.25) is 11.8 Å². The quantitative estimate of drug-likeness (QED) is 0.224. The number of carbonyl (C=O) groups excluding carboxylic acids is 4. The summed E-state index contributed by atoms with van der Waals surface area (Å²) in [6, 6.07) is 15.2. The molecule has 3 aromatic rings. The number of H-pyrrole nitrogens is 1. The number of hydrogen-bond acceptors (Lipinski definition) is 7. The Hall–Kier alpha value is -4.64. The van der Waals surface area contributed by atoms with Crippen LogP contribution in [0.25, 0.3) is 10.9 Å². The van der Waals surface area contributed by atoms with Gasteiger partial charge in [0.1, 0.15) is 19.3 Å². The van der Waals surface area contributed by atoms with Crippen molar-refractivity contribution in [2.75, 3.05) is 19.8 Å². The van der Waals surface area contributed by atoms with Gasteiger partial charge in [-0.15, -0.1) is 0 Å². The third-order valence-corrected chi connectivity index (χ3v) is 8.36. The highest BCUT2D eigenvalue weighted by atomic mass is 16.6. The molecule has 2 aliphatic rings. The Labute approximate surface area is 262 Å². The minimum atomic E-state index is -1.01. The highest BCUT2D eigenvalue weighted by Crippen LogP contribution is 2.23. The molecule has 0 bridgehead atoms. The molecule has 2 aliphatic heterocycles. The minimum absolute atomic E-state index is 0.0141. The lowest BCUT2D eigenvalue weighted by molar-refractivity contribution is -0.147. The summed E-state index contributed by atoms with van der Waals surface area (Å²) in [5.74, 6) is -1.80.